The number of carbonyl (C=O) groups is 1. The van der Waals surface area contributed by atoms with Gasteiger partial charge in [-0.15, -0.1) is 0 Å². The van der Waals surface area contributed by atoms with Gasteiger partial charge in [0.25, 0.3) is 5.91 Å². The van der Waals surface area contributed by atoms with E-state index < -0.39 is 10.0 Å². The number of benzene rings is 1. The first-order valence-electron chi connectivity index (χ1n) is 7.42. The fourth-order valence-electron chi connectivity index (χ4n) is 2.22. The van der Waals surface area contributed by atoms with E-state index in [1.165, 1.54) is 16.4 Å². The van der Waals surface area contributed by atoms with Crippen molar-refractivity contribution < 1.29 is 13.2 Å². The molecule has 0 radical (unpaired) electrons. The van der Waals surface area contributed by atoms with E-state index in [1.54, 1.807) is 24.8 Å². The smallest absolute Gasteiger partial charge is 0.255 e. The molecule has 0 fully saturated rings. The SMILES string of the molecule is CCN(CC)C(=O)c1cc(S(=O)(=O)N(CC)CC)ccc1Br. The Labute approximate surface area is 141 Å². The first-order valence-corrected chi connectivity index (χ1v) is 9.65. The average molecular weight is 391 g/mol. The van der Waals surface area contributed by atoms with Crippen molar-refractivity contribution in [3.8, 4) is 0 Å². The van der Waals surface area contributed by atoms with Crippen LogP contribution in [0.3, 0.4) is 0 Å². The van der Waals surface area contributed by atoms with E-state index in [0.29, 0.717) is 36.2 Å². The van der Waals surface area contributed by atoms with Crippen LogP contribution in [0.25, 0.3) is 0 Å². The minimum atomic E-state index is -3.57. The largest absolute Gasteiger partial charge is 0.339 e. The van der Waals surface area contributed by atoms with Gasteiger partial charge in [0.05, 0.1) is 10.5 Å². The van der Waals surface area contributed by atoms with Crippen LogP contribution in [0.5, 0.6) is 0 Å². The number of rotatable bonds is 7. The van der Waals surface area contributed by atoms with Crippen LogP contribution in [-0.2, 0) is 10.0 Å². The van der Waals surface area contributed by atoms with Gasteiger partial charge in [-0.05, 0) is 48.0 Å². The van der Waals surface area contributed by atoms with Crippen LogP contribution < -0.4 is 0 Å². The highest BCUT2D eigenvalue weighted by molar-refractivity contribution is 9.10. The standard InChI is InChI=1S/C15H23BrN2O3S/c1-5-17(6-2)15(19)13-11-12(9-10-14(13)16)22(20,21)18(7-3)8-4/h9-11H,5-8H2,1-4H3. The van der Waals surface area contributed by atoms with E-state index >= 15 is 0 Å². The first kappa shape index (κ1) is 19.1. The lowest BCUT2D eigenvalue weighted by atomic mass is 10.2. The summed E-state index contributed by atoms with van der Waals surface area (Å²) in [6, 6.07) is 4.60. The van der Waals surface area contributed by atoms with E-state index in [9.17, 15) is 13.2 Å². The first-order chi connectivity index (χ1) is 10.3. The van der Waals surface area contributed by atoms with Crippen molar-refractivity contribution in [3.63, 3.8) is 0 Å². The van der Waals surface area contributed by atoms with Gasteiger partial charge in [-0.3, -0.25) is 4.79 Å². The topological polar surface area (TPSA) is 57.7 Å². The van der Waals surface area contributed by atoms with E-state index in [4.69, 9.17) is 0 Å². The summed E-state index contributed by atoms with van der Waals surface area (Å²) < 4.78 is 27.1. The number of nitrogens with zero attached hydrogens (tertiary/aromatic N) is 2. The van der Waals surface area contributed by atoms with E-state index in [0.717, 1.165) is 0 Å². The summed E-state index contributed by atoms with van der Waals surface area (Å²) >= 11 is 3.34. The third-order valence-corrected chi connectivity index (χ3v) is 6.30. The lowest BCUT2D eigenvalue weighted by molar-refractivity contribution is 0.0772. The lowest BCUT2D eigenvalue weighted by Gasteiger charge is -2.21. The third kappa shape index (κ3) is 3.88. The zero-order valence-corrected chi connectivity index (χ0v) is 15.9. The van der Waals surface area contributed by atoms with Gasteiger partial charge < -0.3 is 4.90 Å². The molecule has 5 nitrogen and oxygen atoms in total. The fourth-order valence-corrected chi connectivity index (χ4v) is 4.12. The summed E-state index contributed by atoms with van der Waals surface area (Å²) in [5.74, 6) is -0.173. The van der Waals surface area contributed by atoms with Crippen LogP contribution in [-0.4, -0.2) is 49.7 Å². The number of carbonyl (C=O) groups excluding carboxylic acids is 1. The van der Waals surface area contributed by atoms with Crippen molar-refractivity contribution in [1.29, 1.82) is 0 Å². The second-order valence-electron chi connectivity index (χ2n) is 4.71. The van der Waals surface area contributed by atoms with Crippen molar-refractivity contribution in [2.45, 2.75) is 32.6 Å². The summed E-state index contributed by atoms with van der Waals surface area (Å²) in [6.45, 7) is 9.33. The Kier molecular flexibility index (Phi) is 7.02. The molecule has 1 rings (SSSR count). The van der Waals surface area contributed by atoms with Gasteiger partial charge in [0, 0.05) is 30.7 Å². The van der Waals surface area contributed by atoms with Crippen molar-refractivity contribution in [2.75, 3.05) is 26.2 Å². The zero-order valence-electron chi connectivity index (χ0n) is 13.5. The normalized spacial score (nSPS) is 11.7. The number of hydrogen-bond acceptors (Lipinski definition) is 3. The summed E-state index contributed by atoms with van der Waals surface area (Å²) in [6.07, 6.45) is 0. The van der Waals surface area contributed by atoms with E-state index in [2.05, 4.69) is 15.9 Å². The van der Waals surface area contributed by atoms with Gasteiger partial charge in [-0.1, -0.05) is 13.8 Å². The summed E-state index contributed by atoms with van der Waals surface area (Å²) in [7, 11) is -3.57. The minimum Gasteiger partial charge on any atom is -0.339 e. The zero-order chi connectivity index (χ0) is 16.9. The number of sulfonamides is 1. The second-order valence-corrected chi connectivity index (χ2v) is 7.50. The molecule has 0 aromatic heterocycles. The van der Waals surface area contributed by atoms with Gasteiger partial charge in [0.1, 0.15) is 0 Å². The molecule has 0 unspecified atom stereocenters. The van der Waals surface area contributed by atoms with Crippen LogP contribution in [0.4, 0.5) is 0 Å². The molecule has 0 atom stereocenters. The van der Waals surface area contributed by atoms with Crippen molar-refractivity contribution in [2.24, 2.45) is 0 Å². The second kappa shape index (κ2) is 8.08. The molecule has 0 N–H and O–H groups in total. The Hall–Kier alpha value is -0.920. The maximum Gasteiger partial charge on any atom is 0.255 e. The summed E-state index contributed by atoms with van der Waals surface area (Å²) in [5.41, 5.74) is 0.372. The predicted molar refractivity (Wildman–Crippen MR) is 91.5 cm³/mol. The fraction of sp³-hybridized carbons (Fsp3) is 0.533. The Morgan fingerprint density at radius 3 is 2.05 bits per heavy atom. The Bertz CT molecular complexity index is 624. The molecule has 0 saturated heterocycles. The Morgan fingerprint density at radius 2 is 1.59 bits per heavy atom. The van der Waals surface area contributed by atoms with Crippen LogP contribution in [0.15, 0.2) is 27.6 Å². The van der Waals surface area contributed by atoms with Crippen molar-refractivity contribution in [1.82, 2.24) is 9.21 Å². The van der Waals surface area contributed by atoms with Gasteiger partial charge in [-0.25, -0.2) is 8.42 Å². The molecule has 0 aliphatic rings. The quantitative estimate of drug-likeness (QED) is 0.718. The molecule has 0 bridgehead atoms. The van der Waals surface area contributed by atoms with Crippen molar-refractivity contribution >= 4 is 31.9 Å². The molecule has 1 aromatic rings. The van der Waals surface area contributed by atoms with Crippen LogP contribution in [0.1, 0.15) is 38.1 Å². The number of amides is 1. The summed E-state index contributed by atoms with van der Waals surface area (Å²) in [5, 5.41) is 0. The van der Waals surface area contributed by atoms with Gasteiger partial charge in [-0.2, -0.15) is 4.31 Å². The molecule has 1 amide bonds. The van der Waals surface area contributed by atoms with Crippen LogP contribution >= 0.6 is 15.9 Å². The maximum atomic E-state index is 12.6. The molecule has 0 spiro atoms. The molecule has 0 aliphatic heterocycles. The number of hydrogen-bond donors (Lipinski definition) is 0. The third-order valence-electron chi connectivity index (χ3n) is 3.56. The van der Waals surface area contributed by atoms with E-state index in [1.807, 2.05) is 13.8 Å². The van der Waals surface area contributed by atoms with E-state index in [-0.39, 0.29) is 10.8 Å². The van der Waals surface area contributed by atoms with Crippen molar-refractivity contribution in [3.05, 3.63) is 28.2 Å². The Morgan fingerprint density at radius 1 is 1.05 bits per heavy atom. The molecule has 1 aromatic carbocycles. The highest BCUT2D eigenvalue weighted by Crippen LogP contribution is 2.24. The van der Waals surface area contributed by atoms with Gasteiger partial charge in [0.2, 0.25) is 10.0 Å². The highest BCUT2D eigenvalue weighted by Gasteiger charge is 2.24. The van der Waals surface area contributed by atoms with Crippen LogP contribution in [0, 0.1) is 0 Å². The molecule has 0 saturated carbocycles. The number of halogens is 1. The Balaban J connectivity index is 3.34. The predicted octanol–water partition coefficient (Wildman–Crippen LogP) is 2.96. The monoisotopic (exact) mass is 390 g/mol. The van der Waals surface area contributed by atoms with Crippen LogP contribution in [0.2, 0.25) is 0 Å². The molecule has 124 valence electrons. The average Bonchev–Trinajstić information content (AvgIpc) is 2.49. The molecule has 0 aliphatic carbocycles. The maximum absolute atomic E-state index is 12.6. The molecule has 0 heterocycles. The molecular formula is C15H23BrN2O3S. The van der Waals surface area contributed by atoms with Gasteiger partial charge >= 0.3 is 0 Å². The highest BCUT2D eigenvalue weighted by atomic mass is 79.9. The van der Waals surface area contributed by atoms with Gasteiger partial charge in [0.15, 0.2) is 0 Å². The molecule has 7 heteroatoms. The molecule has 22 heavy (non-hydrogen) atoms. The minimum absolute atomic E-state index is 0.148. The summed E-state index contributed by atoms with van der Waals surface area (Å²) in [4.78, 5) is 14.3. The molecular weight excluding hydrogens is 368 g/mol. The lowest BCUT2D eigenvalue weighted by Crippen LogP contribution is -2.32.